The molecule has 0 spiro atoms. The van der Waals surface area contributed by atoms with Crippen molar-refractivity contribution in [2.75, 3.05) is 7.11 Å². The summed E-state index contributed by atoms with van der Waals surface area (Å²) < 4.78 is 27.0. The van der Waals surface area contributed by atoms with Gasteiger partial charge in [0.25, 0.3) is 5.91 Å². The molecule has 5 rings (SSSR count). The van der Waals surface area contributed by atoms with Gasteiger partial charge in [-0.05, 0) is 93.3 Å². The van der Waals surface area contributed by atoms with Gasteiger partial charge in [-0.2, -0.15) is 0 Å². The summed E-state index contributed by atoms with van der Waals surface area (Å²) in [5.41, 5.74) is 6.70. The highest BCUT2D eigenvalue weighted by atomic mass is 19.1. The predicted octanol–water partition coefficient (Wildman–Crippen LogP) is 8.31. The van der Waals surface area contributed by atoms with Crippen LogP contribution in [0.2, 0.25) is 0 Å². The van der Waals surface area contributed by atoms with Gasteiger partial charge in [-0.3, -0.25) is 9.69 Å². The van der Waals surface area contributed by atoms with Crippen LogP contribution in [0.15, 0.2) is 65.5 Å². The van der Waals surface area contributed by atoms with Crippen molar-refractivity contribution in [1.29, 1.82) is 0 Å². The minimum atomic E-state index is -0.642. The van der Waals surface area contributed by atoms with Crippen LogP contribution in [0.1, 0.15) is 88.2 Å². The molecule has 3 atom stereocenters. The maximum atomic E-state index is 15.0. The van der Waals surface area contributed by atoms with Crippen molar-refractivity contribution in [3.05, 3.63) is 93.3 Å². The van der Waals surface area contributed by atoms with Gasteiger partial charge in [-0.1, -0.05) is 42.8 Å². The molecule has 1 saturated carbocycles. The summed E-state index contributed by atoms with van der Waals surface area (Å²) in [4.78, 5) is 29.8. The largest absolute Gasteiger partial charge is 0.485 e. The maximum Gasteiger partial charge on any atom is 0.290 e. The van der Waals surface area contributed by atoms with Crippen molar-refractivity contribution in [3.63, 3.8) is 0 Å². The molecule has 3 aromatic rings. The van der Waals surface area contributed by atoms with Crippen molar-refractivity contribution in [2.24, 2.45) is 11.1 Å². The zero-order valence-corrected chi connectivity index (χ0v) is 26.5. The molecule has 2 heterocycles. The van der Waals surface area contributed by atoms with Gasteiger partial charge in [0.1, 0.15) is 17.7 Å². The van der Waals surface area contributed by atoms with E-state index in [1.54, 1.807) is 13.0 Å². The van der Waals surface area contributed by atoms with E-state index in [4.69, 9.17) is 9.47 Å². The van der Waals surface area contributed by atoms with Crippen LogP contribution in [-0.2, 0) is 17.8 Å². The van der Waals surface area contributed by atoms with Crippen molar-refractivity contribution in [2.45, 2.75) is 91.0 Å². The number of nitroso groups, excluding NO2 is 1. The van der Waals surface area contributed by atoms with E-state index in [9.17, 15) is 14.1 Å². The molecule has 2 unspecified atom stereocenters. The zero-order chi connectivity index (χ0) is 31.5. The number of pyridine rings is 1. The van der Waals surface area contributed by atoms with Gasteiger partial charge in [-0.25, -0.2) is 9.37 Å². The summed E-state index contributed by atoms with van der Waals surface area (Å²) >= 11 is 0. The van der Waals surface area contributed by atoms with E-state index >= 15 is 0 Å². The number of methoxy groups -OCH3 is 1. The Morgan fingerprint density at radius 1 is 1.09 bits per heavy atom. The van der Waals surface area contributed by atoms with Gasteiger partial charge < -0.3 is 9.47 Å². The Bertz CT molecular complexity index is 1550. The molecule has 1 aromatic heterocycles. The lowest BCUT2D eigenvalue weighted by Crippen LogP contribution is -2.36. The van der Waals surface area contributed by atoms with Gasteiger partial charge in [0.05, 0.1) is 19.2 Å². The molecule has 1 aliphatic carbocycles. The van der Waals surface area contributed by atoms with Crippen LogP contribution in [0.4, 0.5) is 4.39 Å². The van der Waals surface area contributed by atoms with E-state index in [2.05, 4.69) is 67.0 Å². The summed E-state index contributed by atoms with van der Waals surface area (Å²) in [7, 11) is 1.52. The number of fused-ring (bicyclic) bond motifs is 1. The topological polar surface area (TPSA) is 81.1 Å². The monoisotopic (exact) mass is 599 g/mol. The SMILES string of the molecule is COc1cc(-c2ccc(C3CCc4ccc(C(C=C5CC5)[C@H](C)C(=O)N=O)cc4O3)c(CN(C(C)C)C(C)C)c2)c(F)cn1. The second-order valence-corrected chi connectivity index (χ2v) is 12.6. The second kappa shape index (κ2) is 13.4. The van der Waals surface area contributed by atoms with Gasteiger partial charge >= 0.3 is 0 Å². The lowest BCUT2D eigenvalue weighted by molar-refractivity contribution is -0.121. The fraction of sp³-hybridized carbons (Fsp3) is 0.444. The van der Waals surface area contributed by atoms with Gasteiger partial charge in [0.15, 0.2) is 0 Å². The molecule has 2 aromatic carbocycles. The lowest BCUT2D eigenvalue weighted by atomic mass is 9.84. The first-order valence-corrected chi connectivity index (χ1v) is 15.5. The van der Waals surface area contributed by atoms with Crippen LogP contribution in [-0.4, -0.2) is 35.0 Å². The third-order valence-corrected chi connectivity index (χ3v) is 8.91. The number of allylic oxidation sites excluding steroid dienone is 2. The fourth-order valence-electron chi connectivity index (χ4n) is 6.21. The molecule has 44 heavy (non-hydrogen) atoms. The Morgan fingerprint density at radius 3 is 2.50 bits per heavy atom. The van der Waals surface area contributed by atoms with Crippen LogP contribution in [0, 0.1) is 16.6 Å². The number of carbonyl (C=O) groups excluding carboxylic acids is 1. The quantitative estimate of drug-likeness (QED) is 0.163. The standard InChI is InChI=1S/C36H42FN3O4/c1-21(2)40(22(3)4)20-28-16-26(31-18-35(43-6)38-19-32(31)37)11-13-29(28)33-14-12-25-9-10-27(17-34(25)44-33)30(15-24-7-8-24)23(5)36(41)39-42/h9-11,13,15-19,21-23,30,33H,7-8,12,14,20H2,1-6H3/t23-,30?,33?/m0/s1. The average Bonchev–Trinajstić information content (AvgIpc) is 3.85. The summed E-state index contributed by atoms with van der Waals surface area (Å²) in [5, 5.41) is 2.72. The van der Waals surface area contributed by atoms with Crippen molar-refractivity contribution >= 4 is 5.91 Å². The first kappa shape index (κ1) is 31.5. The summed E-state index contributed by atoms with van der Waals surface area (Å²) in [5.74, 6) is -0.686. The molecule has 1 amide bonds. The normalized spacial score (nSPS) is 17.2. The Labute approximate surface area is 259 Å². The minimum absolute atomic E-state index is 0.198. The number of hydrogen-bond acceptors (Lipinski definition) is 6. The molecule has 0 N–H and O–H groups in total. The molecule has 0 radical (unpaired) electrons. The lowest BCUT2D eigenvalue weighted by Gasteiger charge is -2.34. The molecule has 1 aliphatic heterocycles. The highest BCUT2D eigenvalue weighted by Crippen LogP contribution is 2.42. The molecular formula is C36H42FN3O4. The molecule has 2 aliphatic rings. The molecule has 0 bridgehead atoms. The number of halogens is 1. The number of aromatic nitrogens is 1. The first-order chi connectivity index (χ1) is 21.1. The van der Waals surface area contributed by atoms with Gasteiger partial charge in [-0.15, -0.1) is 4.91 Å². The number of rotatable bonds is 11. The Hall–Kier alpha value is -3.91. The highest BCUT2D eigenvalue weighted by Gasteiger charge is 2.30. The van der Waals surface area contributed by atoms with Crippen LogP contribution >= 0.6 is 0 Å². The van der Waals surface area contributed by atoms with Gasteiger partial charge in [0.2, 0.25) is 5.88 Å². The van der Waals surface area contributed by atoms with Crippen LogP contribution in [0.3, 0.4) is 0 Å². The Morgan fingerprint density at radius 2 is 1.84 bits per heavy atom. The van der Waals surface area contributed by atoms with Crippen LogP contribution < -0.4 is 9.47 Å². The summed E-state index contributed by atoms with van der Waals surface area (Å²) in [6, 6.07) is 14.5. The minimum Gasteiger partial charge on any atom is -0.485 e. The number of ether oxygens (including phenoxy) is 2. The summed E-state index contributed by atoms with van der Waals surface area (Å²) in [6.07, 6.45) is 6.80. The third kappa shape index (κ3) is 6.91. The number of benzene rings is 2. The first-order valence-electron chi connectivity index (χ1n) is 15.5. The van der Waals surface area contributed by atoms with Crippen LogP contribution in [0.25, 0.3) is 11.1 Å². The molecule has 8 heteroatoms. The van der Waals surface area contributed by atoms with Crippen LogP contribution in [0.5, 0.6) is 11.6 Å². The smallest absolute Gasteiger partial charge is 0.290 e. The predicted molar refractivity (Wildman–Crippen MR) is 170 cm³/mol. The van der Waals surface area contributed by atoms with E-state index in [0.29, 0.717) is 30.1 Å². The molecule has 232 valence electrons. The molecular weight excluding hydrogens is 557 g/mol. The molecule has 1 fully saturated rings. The van der Waals surface area contributed by atoms with E-state index in [-0.39, 0.29) is 12.0 Å². The van der Waals surface area contributed by atoms with Crippen molar-refractivity contribution < 1.29 is 18.7 Å². The number of aryl methyl sites for hydroxylation is 1. The number of carbonyl (C=O) groups is 1. The maximum absolute atomic E-state index is 15.0. The molecule has 0 saturated heterocycles. The fourth-order valence-corrected chi connectivity index (χ4v) is 6.21. The number of nitrogens with zero attached hydrogens (tertiary/aromatic N) is 3. The highest BCUT2D eigenvalue weighted by molar-refractivity contribution is 5.80. The second-order valence-electron chi connectivity index (χ2n) is 12.6. The number of hydrogen-bond donors (Lipinski definition) is 0. The van der Waals surface area contributed by atoms with Gasteiger partial charge in [0, 0.05) is 41.4 Å². The third-order valence-electron chi connectivity index (χ3n) is 8.91. The Balaban J connectivity index is 1.52. The van der Waals surface area contributed by atoms with E-state index in [0.717, 1.165) is 59.3 Å². The zero-order valence-electron chi connectivity index (χ0n) is 26.5. The molecule has 7 nitrogen and oxygen atoms in total. The number of amides is 1. The van der Waals surface area contributed by atoms with E-state index in [1.165, 1.54) is 18.9 Å². The summed E-state index contributed by atoms with van der Waals surface area (Å²) in [6.45, 7) is 11.2. The van der Waals surface area contributed by atoms with E-state index < -0.39 is 17.6 Å². The van der Waals surface area contributed by atoms with Crippen molar-refractivity contribution in [1.82, 2.24) is 9.88 Å². The average molecular weight is 600 g/mol. The Kier molecular flexibility index (Phi) is 9.59. The van der Waals surface area contributed by atoms with E-state index in [1.807, 2.05) is 18.2 Å². The van der Waals surface area contributed by atoms with Crippen molar-refractivity contribution in [3.8, 4) is 22.8 Å².